The second-order valence-electron chi connectivity index (χ2n) is 7.31. The molecule has 0 aliphatic rings. The number of aromatic nitrogens is 6. The van der Waals surface area contributed by atoms with Gasteiger partial charge in [-0.1, -0.05) is 0 Å². The van der Waals surface area contributed by atoms with Crippen LogP contribution in [0.15, 0.2) is 61.3 Å². The summed E-state index contributed by atoms with van der Waals surface area (Å²) in [6, 6.07) is 9.35. The third-order valence-electron chi connectivity index (χ3n) is 5.18. The highest BCUT2D eigenvalue weighted by Crippen LogP contribution is 2.30. The van der Waals surface area contributed by atoms with Gasteiger partial charge in [0.25, 0.3) is 0 Å². The molecule has 9 heteroatoms. The van der Waals surface area contributed by atoms with Gasteiger partial charge in [-0.2, -0.15) is 5.10 Å². The predicted molar refractivity (Wildman–Crippen MR) is 118 cm³/mol. The van der Waals surface area contributed by atoms with E-state index < -0.39 is 11.6 Å². The second-order valence-corrected chi connectivity index (χ2v) is 7.31. The topological polar surface area (TPSA) is 84.3 Å². The molecule has 0 fully saturated rings. The summed E-state index contributed by atoms with van der Waals surface area (Å²) in [6.45, 7) is 1.60. The molecular weight excluding hydrogens is 412 g/mol. The number of hydrogen-bond acceptors (Lipinski definition) is 5. The molecule has 0 radical (unpaired) electrons. The number of aromatic amines is 1. The van der Waals surface area contributed by atoms with E-state index in [2.05, 4.69) is 25.4 Å². The highest BCUT2D eigenvalue weighted by Gasteiger charge is 2.15. The van der Waals surface area contributed by atoms with E-state index in [1.165, 1.54) is 12.4 Å². The third-order valence-corrected chi connectivity index (χ3v) is 5.18. The molecule has 0 atom stereocenters. The van der Waals surface area contributed by atoms with E-state index in [-0.39, 0.29) is 0 Å². The van der Waals surface area contributed by atoms with Crippen molar-refractivity contribution in [1.82, 2.24) is 35.0 Å². The first-order valence-corrected chi connectivity index (χ1v) is 10.1. The molecule has 0 saturated carbocycles. The molecule has 5 rings (SSSR count). The van der Waals surface area contributed by atoms with Crippen LogP contribution < -0.4 is 5.32 Å². The zero-order valence-corrected chi connectivity index (χ0v) is 17.2. The quantitative estimate of drug-likeness (QED) is 0.424. The molecule has 0 aliphatic heterocycles. The Labute approximate surface area is 182 Å². The molecule has 0 bridgehead atoms. The maximum Gasteiger partial charge on any atom is 0.159 e. The molecule has 0 aliphatic carbocycles. The lowest BCUT2D eigenvalue weighted by atomic mass is 10.1. The second kappa shape index (κ2) is 8.27. The van der Waals surface area contributed by atoms with Gasteiger partial charge in [-0.05, 0) is 43.4 Å². The van der Waals surface area contributed by atoms with Gasteiger partial charge in [0, 0.05) is 35.6 Å². The van der Waals surface area contributed by atoms with Crippen molar-refractivity contribution in [1.29, 1.82) is 0 Å². The smallest absolute Gasteiger partial charge is 0.159 e. The Bertz CT molecular complexity index is 1410. The van der Waals surface area contributed by atoms with Crippen molar-refractivity contribution >= 4 is 11.0 Å². The Kier molecular flexibility index (Phi) is 5.16. The lowest BCUT2D eigenvalue weighted by Gasteiger charge is -2.06. The molecule has 160 valence electrons. The van der Waals surface area contributed by atoms with Crippen LogP contribution in [-0.2, 0) is 6.54 Å². The first-order chi connectivity index (χ1) is 15.6. The van der Waals surface area contributed by atoms with Crippen molar-refractivity contribution in [3.63, 3.8) is 0 Å². The van der Waals surface area contributed by atoms with Gasteiger partial charge in [-0.25, -0.2) is 18.7 Å². The molecule has 1 aromatic carbocycles. The summed E-state index contributed by atoms with van der Waals surface area (Å²) < 4.78 is 29.0. The molecule has 0 unspecified atom stereocenters. The van der Waals surface area contributed by atoms with E-state index in [0.717, 1.165) is 41.9 Å². The van der Waals surface area contributed by atoms with Crippen LogP contribution in [0.25, 0.3) is 44.8 Å². The van der Waals surface area contributed by atoms with Crippen LogP contribution in [0.1, 0.15) is 0 Å². The largest absolute Gasteiger partial charge is 0.343 e. The molecule has 5 aromatic rings. The molecular formula is C23H19F2N7. The van der Waals surface area contributed by atoms with E-state index in [1.54, 1.807) is 12.4 Å². The summed E-state index contributed by atoms with van der Waals surface area (Å²) in [5, 5.41) is 7.49. The van der Waals surface area contributed by atoms with Gasteiger partial charge in [0.15, 0.2) is 11.6 Å². The van der Waals surface area contributed by atoms with Crippen molar-refractivity contribution in [2.75, 3.05) is 13.6 Å². The minimum absolute atomic E-state index is 0.461. The minimum Gasteiger partial charge on any atom is -0.343 e. The lowest BCUT2D eigenvalue weighted by molar-refractivity contribution is 0.509. The van der Waals surface area contributed by atoms with Crippen LogP contribution in [0, 0.1) is 11.6 Å². The Morgan fingerprint density at radius 1 is 0.938 bits per heavy atom. The zero-order chi connectivity index (χ0) is 22.1. The normalized spacial score (nSPS) is 11.3. The van der Waals surface area contributed by atoms with Gasteiger partial charge in [0.2, 0.25) is 0 Å². The first kappa shape index (κ1) is 20.0. The Morgan fingerprint density at radius 2 is 1.84 bits per heavy atom. The molecule has 4 heterocycles. The Hall–Kier alpha value is -3.98. The summed E-state index contributed by atoms with van der Waals surface area (Å²) >= 11 is 0. The van der Waals surface area contributed by atoms with E-state index in [0.29, 0.717) is 28.2 Å². The summed E-state index contributed by atoms with van der Waals surface area (Å²) in [4.78, 5) is 16.6. The van der Waals surface area contributed by atoms with E-state index in [1.807, 2.05) is 36.1 Å². The molecule has 0 saturated heterocycles. The summed E-state index contributed by atoms with van der Waals surface area (Å²) in [5.74, 6) is -1.82. The van der Waals surface area contributed by atoms with Gasteiger partial charge in [-0.15, -0.1) is 0 Å². The number of H-pyrrole nitrogens is 1. The Balaban J connectivity index is 1.52. The van der Waals surface area contributed by atoms with Crippen molar-refractivity contribution in [3.8, 4) is 33.8 Å². The van der Waals surface area contributed by atoms with Gasteiger partial charge >= 0.3 is 0 Å². The van der Waals surface area contributed by atoms with Crippen molar-refractivity contribution < 1.29 is 8.78 Å². The molecule has 4 aromatic heterocycles. The number of hydrogen-bond donors (Lipinski definition) is 2. The summed E-state index contributed by atoms with van der Waals surface area (Å²) in [5.41, 5.74) is 5.49. The van der Waals surface area contributed by atoms with Crippen LogP contribution in [0.3, 0.4) is 0 Å². The number of imidazole rings is 1. The van der Waals surface area contributed by atoms with Crippen LogP contribution in [0.2, 0.25) is 0 Å². The number of halogens is 2. The van der Waals surface area contributed by atoms with Crippen LogP contribution in [0.5, 0.6) is 0 Å². The first-order valence-electron chi connectivity index (χ1n) is 10.1. The van der Waals surface area contributed by atoms with Crippen LogP contribution in [0.4, 0.5) is 8.78 Å². The van der Waals surface area contributed by atoms with Gasteiger partial charge < -0.3 is 10.3 Å². The minimum atomic E-state index is -0.924. The number of nitrogens with one attached hydrogen (secondary N) is 2. The maximum absolute atomic E-state index is 13.7. The molecule has 32 heavy (non-hydrogen) atoms. The Morgan fingerprint density at radius 3 is 2.69 bits per heavy atom. The molecule has 7 nitrogen and oxygen atoms in total. The SMILES string of the molecule is CNCCn1cc(-c2cnc3ccc(-c4[nH]cnc4-c4ccc(F)c(F)c4)nc3c2)cn1. The third kappa shape index (κ3) is 3.74. The monoisotopic (exact) mass is 431 g/mol. The fourth-order valence-electron chi connectivity index (χ4n) is 3.52. The summed E-state index contributed by atoms with van der Waals surface area (Å²) in [6.07, 6.45) is 7.08. The number of pyridine rings is 2. The number of nitrogens with zero attached hydrogens (tertiary/aromatic N) is 5. The lowest BCUT2D eigenvalue weighted by Crippen LogP contribution is -2.14. The van der Waals surface area contributed by atoms with Crippen molar-refractivity contribution in [3.05, 3.63) is 73.0 Å². The van der Waals surface area contributed by atoms with Crippen LogP contribution in [-0.4, -0.2) is 43.3 Å². The van der Waals surface area contributed by atoms with E-state index in [4.69, 9.17) is 4.98 Å². The highest BCUT2D eigenvalue weighted by atomic mass is 19.2. The van der Waals surface area contributed by atoms with Crippen LogP contribution >= 0.6 is 0 Å². The molecule has 0 amide bonds. The number of fused-ring (bicyclic) bond motifs is 1. The van der Waals surface area contributed by atoms with E-state index in [9.17, 15) is 8.78 Å². The summed E-state index contributed by atoms with van der Waals surface area (Å²) in [7, 11) is 1.90. The van der Waals surface area contributed by atoms with Crippen molar-refractivity contribution in [2.24, 2.45) is 0 Å². The number of rotatable bonds is 6. The fourth-order valence-corrected chi connectivity index (χ4v) is 3.52. The zero-order valence-electron chi connectivity index (χ0n) is 17.2. The number of benzene rings is 1. The number of likely N-dealkylation sites (N-methyl/N-ethyl adjacent to an activating group) is 1. The average Bonchev–Trinajstić information content (AvgIpc) is 3.49. The molecule has 2 N–H and O–H groups in total. The standard InChI is InChI=1S/C23H19F2N7/c1-26-6-7-32-12-16(11-30-32)15-9-21-19(27-10-15)4-5-20(31-21)23-22(28-13-29-23)14-2-3-17(24)18(25)8-14/h2-5,8-13,26H,6-7H2,1H3,(H,28,29). The van der Waals surface area contributed by atoms with Gasteiger partial charge in [0.1, 0.15) is 0 Å². The van der Waals surface area contributed by atoms with Gasteiger partial charge in [-0.3, -0.25) is 9.67 Å². The van der Waals surface area contributed by atoms with Crippen molar-refractivity contribution in [2.45, 2.75) is 6.54 Å². The average molecular weight is 431 g/mol. The predicted octanol–water partition coefficient (Wildman–Crippen LogP) is 4.05. The maximum atomic E-state index is 13.7. The van der Waals surface area contributed by atoms with Gasteiger partial charge in [0.05, 0.1) is 47.2 Å². The molecule has 0 spiro atoms. The fraction of sp³-hybridized carbons (Fsp3) is 0.130. The highest BCUT2D eigenvalue weighted by molar-refractivity contribution is 5.84. The van der Waals surface area contributed by atoms with E-state index >= 15 is 0 Å².